The molecule has 0 saturated carbocycles. The van der Waals surface area contributed by atoms with E-state index in [4.69, 9.17) is 9.47 Å². The monoisotopic (exact) mass is 264 g/mol. The van der Waals surface area contributed by atoms with Crippen molar-refractivity contribution >= 4 is 11.5 Å². The van der Waals surface area contributed by atoms with Gasteiger partial charge in [-0.05, 0) is 29.2 Å². The predicted molar refractivity (Wildman–Crippen MR) is 66.0 cm³/mol. The molecule has 18 heavy (non-hydrogen) atoms. The number of aromatic nitrogens is 2. The summed E-state index contributed by atoms with van der Waals surface area (Å²) in [5.74, 6) is 1.41. The van der Waals surface area contributed by atoms with E-state index in [0.29, 0.717) is 23.8 Å². The summed E-state index contributed by atoms with van der Waals surface area (Å²) in [4.78, 5) is 0.712. The van der Waals surface area contributed by atoms with E-state index < -0.39 is 6.10 Å². The zero-order valence-corrected chi connectivity index (χ0v) is 10.4. The second-order valence-electron chi connectivity index (χ2n) is 3.98. The summed E-state index contributed by atoms with van der Waals surface area (Å²) in [6.07, 6.45) is 1.71. The van der Waals surface area contributed by atoms with Crippen molar-refractivity contribution in [1.29, 1.82) is 0 Å². The van der Waals surface area contributed by atoms with Crippen LogP contribution in [0.3, 0.4) is 0 Å². The fourth-order valence-corrected chi connectivity index (χ4v) is 2.33. The number of rotatable bonds is 2. The number of hydrogen-bond donors (Lipinski definition) is 1. The Balaban J connectivity index is 1.92. The first-order chi connectivity index (χ1) is 8.84. The van der Waals surface area contributed by atoms with E-state index in [-0.39, 0.29) is 0 Å². The molecule has 94 valence electrons. The fraction of sp³-hybridized carbons (Fsp3) is 0.333. The van der Waals surface area contributed by atoms with Gasteiger partial charge in [0.05, 0.1) is 24.3 Å². The maximum Gasteiger partial charge on any atom is 0.161 e. The van der Waals surface area contributed by atoms with Crippen molar-refractivity contribution in [2.45, 2.75) is 12.5 Å². The average molecular weight is 264 g/mol. The van der Waals surface area contributed by atoms with Crippen LogP contribution in [0.2, 0.25) is 0 Å². The minimum atomic E-state index is -0.720. The third-order valence-electron chi connectivity index (χ3n) is 2.74. The molecule has 1 unspecified atom stereocenters. The van der Waals surface area contributed by atoms with Crippen LogP contribution >= 0.6 is 11.5 Å². The van der Waals surface area contributed by atoms with Crippen LogP contribution in [0.25, 0.3) is 0 Å². The quantitative estimate of drug-likeness (QED) is 0.895. The molecule has 0 amide bonds. The minimum absolute atomic E-state index is 0.634. The third-order valence-corrected chi connectivity index (χ3v) is 3.45. The highest BCUT2D eigenvalue weighted by atomic mass is 32.1. The lowest BCUT2D eigenvalue weighted by Crippen LogP contribution is -1.99. The van der Waals surface area contributed by atoms with Crippen molar-refractivity contribution in [3.63, 3.8) is 0 Å². The summed E-state index contributed by atoms with van der Waals surface area (Å²) in [6, 6.07) is 5.47. The van der Waals surface area contributed by atoms with Gasteiger partial charge in [-0.3, -0.25) is 0 Å². The number of aliphatic hydroxyl groups excluding tert-OH is 1. The van der Waals surface area contributed by atoms with Crippen LogP contribution in [0.15, 0.2) is 24.4 Å². The maximum absolute atomic E-state index is 10.2. The van der Waals surface area contributed by atoms with Gasteiger partial charge in [0.15, 0.2) is 11.5 Å². The Morgan fingerprint density at radius 2 is 2.06 bits per heavy atom. The third kappa shape index (κ3) is 2.16. The summed E-state index contributed by atoms with van der Waals surface area (Å²) in [7, 11) is 0. The topological polar surface area (TPSA) is 64.5 Å². The van der Waals surface area contributed by atoms with Crippen LogP contribution in [0.4, 0.5) is 0 Å². The average Bonchev–Trinajstić information content (AvgIpc) is 2.83. The van der Waals surface area contributed by atoms with Crippen LogP contribution in [0.1, 0.15) is 23.0 Å². The molecule has 2 heterocycles. The van der Waals surface area contributed by atoms with Crippen molar-refractivity contribution in [1.82, 2.24) is 9.59 Å². The molecule has 1 N–H and O–H groups in total. The first kappa shape index (κ1) is 11.4. The molecule has 1 atom stereocenters. The normalized spacial score (nSPS) is 16.1. The summed E-state index contributed by atoms with van der Waals surface area (Å²) < 4.78 is 14.9. The summed E-state index contributed by atoms with van der Waals surface area (Å²) in [5.41, 5.74) is 0.755. The van der Waals surface area contributed by atoms with E-state index in [2.05, 4.69) is 9.59 Å². The van der Waals surface area contributed by atoms with E-state index >= 15 is 0 Å². The molecule has 0 bridgehead atoms. The van der Waals surface area contributed by atoms with Crippen molar-refractivity contribution in [3.8, 4) is 11.5 Å². The standard InChI is InChI=1S/C12H12N2O3S/c15-12(11-7-13-14-18-11)8-2-3-9-10(6-8)17-5-1-4-16-9/h2-3,6-7,12,15H,1,4-5H2. The SMILES string of the molecule is OC(c1ccc2c(c1)OCCCO2)c1cnns1. The summed E-state index contributed by atoms with van der Waals surface area (Å²) in [6.45, 7) is 1.29. The van der Waals surface area contributed by atoms with Gasteiger partial charge in [0, 0.05) is 6.42 Å². The van der Waals surface area contributed by atoms with Crippen LogP contribution in [0.5, 0.6) is 11.5 Å². The van der Waals surface area contributed by atoms with E-state index in [9.17, 15) is 5.11 Å². The molecule has 0 spiro atoms. The number of nitrogens with zero attached hydrogens (tertiary/aromatic N) is 2. The number of aliphatic hydroxyl groups is 1. The first-order valence-corrected chi connectivity index (χ1v) is 6.47. The van der Waals surface area contributed by atoms with Crippen LogP contribution in [-0.2, 0) is 0 Å². The van der Waals surface area contributed by atoms with Gasteiger partial charge >= 0.3 is 0 Å². The largest absolute Gasteiger partial charge is 0.490 e. The second-order valence-corrected chi connectivity index (χ2v) is 4.80. The van der Waals surface area contributed by atoms with Crippen LogP contribution in [0, 0.1) is 0 Å². The van der Waals surface area contributed by atoms with Crippen molar-refractivity contribution in [2.24, 2.45) is 0 Å². The molecular weight excluding hydrogens is 252 g/mol. The predicted octanol–water partition coefficient (Wildman–Crippen LogP) is 1.78. The zero-order valence-electron chi connectivity index (χ0n) is 9.57. The highest BCUT2D eigenvalue weighted by molar-refractivity contribution is 7.05. The summed E-state index contributed by atoms with van der Waals surface area (Å²) in [5, 5.41) is 13.9. The molecule has 2 aromatic rings. The zero-order chi connectivity index (χ0) is 12.4. The summed E-state index contributed by atoms with van der Waals surface area (Å²) >= 11 is 1.18. The lowest BCUT2D eigenvalue weighted by molar-refractivity contribution is 0.223. The van der Waals surface area contributed by atoms with Gasteiger partial charge < -0.3 is 14.6 Å². The van der Waals surface area contributed by atoms with E-state index in [1.165, 1.54) is 11.5 Å². The van der Waals surface area contributed by atoms with E-state index in [1.807, 2.05) is 18.2 Å². The van der Waals surface area contributed by atoms with Crippen LogP contribution < -0.4 is 9.47 Å². The molecule has 0 radical (unpaired) electrons. The van der Waals surface area contributed by atoms with Gasteiger partial charge in [-0.1, -0.05) is 10.6 Å². The second kappa shape index (κ2) is 4.91. The van der Waals surface area contributed by atoms with E-state index in [1.54, 1.807) is 6.20 Å². The van der Waals surface area contributed by atoms with Gasteiger partial charge in [-0.15, -0.1) is 5.10 Å². The molecule has 1 aromatic heterocycles. The lowest BCUT2D eigenvalue weighted by atomic mass is 10.1. The number of fused-ring (bicyclic) bond motifs is 1. The molecule has 1 aromatic carbocycles. The first-order valence-electron chi connectivity index (χ1n) is 5.69. The number of benzene rings is 1. The Labute approximate surface area is 108 Å². The van der Waals surface area contributed by atoms with Gasteiger partial charge in [0.2, 0.25) is 0 Å². The van der Waals surface area contributed by atoms with Crippen molar-refractivity contribution in [3.05, 3.63) is 34.8 Å². The Morgan fingerprint density at radius 1 is 1.22 bits per heavy atom. The van der Waals surface area contributed by atoms with Gasteiger partial charge in [0.1, 0.15) is 6.10 Å². The van der Waals surface area contributed by atoms with Crippen molar-refractivity contribution < 1.29 is 14.6 Å². The van der Waals surface area contributed by atoms with Gasteiger partial charge in [-0.25, -0.2) is 0 Å². The Morgan fingerprint density at radius 3 is 2.83 bits per heavy atom. The van der Waals surface area contributed by atoms with Gasteiger partial charge in [-0.2, -0.15) is 0 Å². The molecule has 3 rings (SSSR count). The maximum atomic E-state index is 10.2. The molecule has 1 aliphatic heterocycles. The highest BCUT2D eigenvalue weighted by Gasteiger charge is 2.17. The smallest absolute Gasteiger partial charge is 0.161 e. The van der Waals surface area contributed by atoms with Crippen LogP contribution in [-0.4, -0.2) is 27.9 Å². The molecule has 6 heteroatoms. The highest BCUT2D eigenvalue weighted by Crippen LogP contribution is 2.34. The number of ether oxygens (including phenoxy) is 2. The molecular formula is C12H12N2O3S. The Hall–Kier alpha value is -1.66. The molecule has 1 aliphatic rings. The van der Waals surface area contributed by atoms with Gasteiger partial charge in [0.25, 0.3) is 0 Å². The minimum Gasteiger partial charge on any atom is -0.490 e. The molecule has 0 aliphatic carbocycles. The molecule has 0 fully saturated rings. The van der Waals surface area contributed by atoms with Crippen molar-refractivity contribution in [2.75, 3.05) is 13.2 Å². The fourth-order valence-electron chi connectivity index (χ4n) is 1.81. The molecule has 5 nitrogen and oxygen atoms in total. The number of hydrogen-bond acceptors (Lipinski definition) is 6. The lowest BCUT2D eigenvalue weighted by Gasteiger charge is -2.12. The Bertz CT molecular complexity index is 530. The Kier molecular flexibility index (Phi) is 3.12. The van der Waals surface area contributed by atoms with E-state index in [0.717, 1.165) is 17.7 Å². The molecule has 0 saturated heterocycles.